The minimum absolute atomic E-state index is 0.185. The minimum atomic E-state index is -0.686. The van der Waals surface area contributed by atoms with Crippen molar-refractivity contribution in [3.8, 4) is 0 Å². The van der Waals surface area contributed by atoms with Gasteiger partial charge in [-0.05, 0) is 24.6 Å². The Hall–Kier alpha value is -1.51. The summed E-state index contributed by atoms with van der Waals surface area (Å²) in [6, 6.07) is 8.14. The number of benzene rings is 1. The number of aliphatic carboxylic acids is 1. The third-order valence-corrected chi connectivity index (χ3v) is 2.60. The second-order valence-electron chi connectivity index (χ2n) is 3.78. The van der Waals surface area contributed by atoms with Crippen LogP contribution in [0.5, 0.6) is 0 Å². The quantitative estimate of drug-likeness (QED) is 0.770. The SMILES string of the molecule is Cc1cccc(N2CC(C(=O)O)C2)c1. The topological polar surface area (TPSA) is 40.5 Å². The lowest BCUT2D eigenvalue weighted by atomic mass is 9.99. The summed E-state index contributed by atoms with van der Waals surface area (Å²) in [5.74, 6) is -0.871. The second kappa shape index (κ2) is 3.33. The highest BCUT2D eigenvalue weighted by molar-refractivity contribution is 5.74. The van der Waals surface area contributed by atoms with Crippen LogP contribution in [0.25, 0.3) is 0 Å². The van der Waals surface area contributed by atoms with Crippen molar-refractivity contribution in [3.63, 3.8) is 0 Å². The number of hydrogen-bond acceptors (Lipinski definition) is 2. The number of rotatable bonds is 2. The zero-order valence-electron chi connectivity index (χ0n) is 8.10. The van der Waals surface area contributed by atoms with E-state index < -0.39 is 5.97 Å². The van der Waals surface area contributed by atoms with Crippen LogP contribution in [-0.4, -0.2) is 24.2 Å². The fourth-order valence-electron chi connectivity index (χ4n) is 1.67. The standard InChI is InChI=1S/C11H13NO2/c1-8-3-2-4-10(5-8)12-6-9(7-12)11(13)14/h2-5,9H,6-7H2,1H3,(H,13,14). The molecule has 3 heteroatoms. The Morgan fingerprint density at radius 2 is 2.21 bits per heavy atom. The molecule has 1 aliphatic rings. The number of hydrogen-bond donors (Lipinski definition) is 1. The van der Waals surface area contributed by atoms with Gasteiger partial charge in [-0.3, -0.25) is 4.79 Å². The smallest absolute Gasteiger partial charge is 0.310 e. The predicted octanol–water partition coefficient (Wildman–Crippen LogP) is 1.52. The van der Waals surface area contributed by atoms with Crippen LogP contribution in [0.15, 0.2) is 24.3 Å². The van der Waals surface area contributed by atoms with Gasteiger partial charge in [0.1, 0.15) is 0 Å². The summed E-state index contributed by atoms with van der Waals surface area (Å²) in [5, 5.41) is 8.73. The molecule has 1 saturated heterocycles. The molecule has 0 aromatic heterocycles. The Balaban J connectivity index is 2.03. The molecule has 3 nitrogen and oxygen atoms in total. The van der Waals surface area contributed by atoms with Crippen molar-refractivity contribution in [1.29, 1.82) is 0 Å². The van der Waals surface area contributed by atoms with Gasteiger partial charge in [0.05, 0.1) is 5.92 Å². The maximum Gasteiger partial charge on any atom is 0.310 e. The maximum atomic E-state index is 10.6. The third kappa shape index (κ3) is 1.58. The van der Waals surface area contributed by atoms with E-state index in [0.717, 1.165) is 5.69 Å². The van der Waals surface area contributed by atoms with Crippen LogP contribution in [0.1, 0.15) is 5.56 Å². The van der Waals surface area contributed by atoms with Gasteiger partial charge >= 0.3 is 5.97 Å². The first-order valence-corrected chi connectivity index (χ1v) is 4.71. The van der Waals surface area contributed by atoms with E-state index in [1.165, 1.54) is 5.56 Å². The number of carboxylic acids is 1. The molecule has 1 fully saturated rings. The van der Waals surface area contributed by atoms with Gasteiger partial charge in [-0.2, -0.15) is 0 Å². The molecule has 0 bridgehead atoms. The van der Waals surface area contributed by atoms with Crippen molar-refractivity contribution in [2.24, 2.45) is 5.92 Å². The first-order chi connectivity index (χ1) is 6.66. The average molecular weight is 191 g/mol. The largest absolute Gasteiger partial charge is 0.481 e. The molecule has 0 aliphatic carbocycles. The molecule has 1 aromatic carbocycles. The zero-order chi connectivity index (χ0) is 10.1. The van der Waals surface area contributed by atoms with Gasteiger partial charge in [0.25, 0.3) is 0 Å². The van der Waals surface area contributed by atoms with Crippen LogP contribution < -0.4 is 4.90 Å². The number of carboxylic acid groups (broad SMARTS) is 1. The predicted molar refractivity (Wildman–Crippen MR) is 54.5 cm³/mol. The normalized spacial score (nSPS) is 16.5. The summed E-state index contributed by atoms with van der Waals surface area (Å²) < 4.78 is 0. The van der Waals surface area contributed by atoms with E-state index in [1.807, 2.05) is 25.1 Å². The highest BCUT2D eigenvalue weighted by Crippen LogP contribution is 2.25. The molecule has 14 heavy (non-hydrogen) atoms. The highest BCUT2D eigenvalue weighted by Gasteiger charge is 2.32. The molecule has 1 N–H and O–H groups in total. The fourth-order valence-corrected chi connectivity index (χ4v) is 1.67. The molecule has 0 amide bonds. The lowest BCUT2D eigenvalue weighted by Gasteiger charge is -2.38. The molecule has 1 heterocycles. The van der Waals surface area contributed by atoms with Gasteiger partial charge in [-0.15, -0.1) is 0 Å². The molecule has 1 aromatic rings. The monoisotopic (exact) mass is 191 g/mol. The van der Waals surface area contributed by atoms with Crippen LogP contribution >= 0.6 is 0 Å². The molecule has 1 aliphatic heterocycles. The van der Waals surface area contributed by atoms with E-state index in [9.17, 15) is 4.79 Å². The van der Waals surface area contributed by atoms with Crippen molar-refractivity contribution < 1.29 is 9.90 Å². The summed E-state index contributed by atoms with van der Waals surface area (Å²) in [4.78, 5) is 12.7. The Morgan fingerprint density at radius 3 is 2.79 bits per heavy atom. The lowest BCUT2D eigenvalue weighted by molar-refractivity contribution is -0.142. The van der Waals surface area contributed by atoms with Crippen molar-refractivity contribution >= 4 is 11.7 Å². The van der Waals surface area contributed by atoms with E-state index in [4.69, 9.17) is 5.11 Å². The minimum Gasteiger partial charge on any atom is -0.481 e. The van der Waals surface area contributed by atoms with Crippen molar-refractivity contribution in [2.45, 2.75) is 6.92 Å². The Kier molecular flexibility index (Phi) is 2.15. The number of aryl methyl sites for hydroxylation is 1. The maximum absolute atomic E-state index is 10.6. The summed E-state index contributed by atoms with van der Waals surface area (Å²) in [7, 11) is 0. The molecule has 0 saturated carbocycles. The summed E-state index contributed by atoms with van der Waals surface area (Å²) in [5.41, 5.74) is 2.34. The molecule has 0 radical (unpaired) electrons. The van der Waals surface area contributed by atoms with Crippen LogP contribution in [0.4, 0.5) is 5.69 Å². The first-order valence-electron chi connectivity index (χ1n) is 4.71. The summed E-state index contributed by atoms with van der Waals surface area (Å²) in [6.07, 6.45) is 0. The molecule has 0 spiro atoms. The fraction of sp³-hybridized carbons (Fsp3) is 0.364. The van der Waals surface area contributed by atoms with E-state index in [1.54, 1.807) is 0 Å². The Labute approximate surface area is 83.0 Å². The van der Waals surface area contributed by atoms with Crippen molar-refractivity contribution in [1.82, 2.24) is 0 Å². The Morgan fingerprint density at radius 1 is 1.50 bits per heavy atom. The van der Waals surface area contributed by atoms with E-state index in [0.29, 0.717) is 13.1 Å². The van der Waals surface area contributed by atoms with Gasteiger partial charge in [0.15, 0.2) is 0 Å². The van der Waals surface area contributed by atoms with Gasteiger partial charge < -0.3 is 10.0 Å². The third-order valence-electron chi connectivity index (χ3n) is 2.60. The van der Waals surface area contributed by atoms with Crippen molar-refractivity contribution in [3.05, 3.63) is 29.8 Å². The molecular formula is C11H13NO2. The second-order valence-corrected chi connectivity index (χ2v) is 3.78. The van der Waals surface area contributed by atoms with Crippen LogP contribution in [0, 0.1) is 12.8 Å². The van der Waals surface area contributed by atoms with E-state index >= 15 is 0 Å². The summed E-state index contributed by atoms with van der Waals surface area (Å²) >= 11 is 0. The lowest BCUT2D eigenvalue weighted by Crippen LogP contribution is -2.50. The first kappa shape index (κ1) is 9.06. The van der Waals surface area contributed by atoms with Crippen LogP contribution in [-0.2, 0) is 4.79 Å². The molecular weight excluding hydrogens is 178 g/mol. The van der Waals surface area contributed by atoms with Gasteiger partial charge in [0.2, 0.25) is 0 Å². The number of anilines is 1. The van der Waals surface area contributed by atoms with E-state index in [-0.39, 0.29) is 5.92 Å². The molecule has 0 unspecified atom stereocenters. The number of nitrogens with zero attached hydrogens (tertiary/aromatic N) is 1. The number of carbonyl (C=O) groups is 1. The summed E-state index contributed by atoms with van der Waals surface area (Å²) in [6.45, 7) is 3.32. The highest BCUT2D eigenvalue weighted by atomic mass is 16.4. The van der Waals surface area contributed by atoms with Gasteiger partial charge in [-0.25, -0.2) is 0 Å². The molecule has 2 rings (SSSR count). The Bertz CT molecular complexity index is 356. The average Bonchev–Trinajstić information content (AvgIpc) is 2.00. The van der Waals surface area contributed by atoms with Crippen LogP contribution in [0.3, 0.4) is 0 Å². The van der Waals surface area contributed by atoms with Gasteiger partial charge in [0, 0.05) is 18.8 Å². The zero-order valence-corrected chi connectivity index (χ0v) is 8.10. The van der Waals surface area contributed by atoms with E-state index in [2.05, 4.69) is 11.0 Å². The van der Waals surface area contributed by atoms with Crippen LogP contribution in [0.2, 0.25) is 0 Å². The van der Waals surface area contributed by atoms with Crippen molar-refractivity contribution in [2.75, 3.05) is 18.0 Å². The molecule has 74 valence electrons. The molecule has 0 atom stereocenters. The van der Waals surface area contributed by atoms with Gasteiger partial charge in [-0.1, -0.05) is 12.1 Å².